The van der Waals surface area contributed by atoms with Crippen LogP contribution in [0.3, 0.4) is 0 Å². The Labute approximate surface area is 102 Å². The van der Waals surface area contributed by atoms with E-state index in [0.29, 0.717) is 25.8 Å². The molecule has 0 radical (unpaired) electrons. The lowest BCUT2D eigenvalue weighted by atomic mass is 9.99. The average Bonchev–Trinajstić information content (AvgIpc) is 2.69. The van der Waals surface area contributed by atoms with Gasteiger partial charge in [-0.15, -0.1) is 0 Å². The number of carbonyl (C=O) groups excluding carboxylic acids is 1. The van der Waals surface area contributed by atoms with Crippen LogP contribution in [0.4, 0.5) is 0 Å². The standard InChI is InChI=1S/C12H21NO4/c1-9(17-3)5-6-10(14)13-8-4-7-12(13,2)11(15)16/h9H,4-8H2,1-3H3,(H,15,16). The molecule has 1 saturated heterocycles. The zero-order valence-corrected chi connectivity index (χ0v) is 10.7. The first-order chi connectivity index (χ1) is 7.91. The molecule has 1 aliphatic heterocycles. The van der Waals surface area contributed by atoms with E-state index < -0.39 is 11.5 Å². The number of ether oxygens (including phenoxy) is 1. The predicted molar refractivity (Wildman–Crippen MR) is 62.7 cm³/mol. The SMILES string of the molecule is COC(C)CCC(=O)N1CCCC1(C)C(=O)O. The molecule has 1 amide bonds. The molecule has 5 heteroatoms. The molecular formula is C12H21NO4. The minimum Gasteiger partial charge on any atom is -0.480 e. The number of nitrogens with zero attached hydrogens (tertiary/aromatic N) is 1. The minimum absolute atomic E-state index is 0.0256. The third-order valence-corrected chi connectivity index (χ3v) is 3.57. The number of carbonyl (C=O) groups is 2. The largest absolute Gasteiger partial charge is 0.480 e. The fraction of sp³-hybridized carbons (Fsp3) is 0.833. The summed E-state index contributed by atoms with van der Waals surface area (Å²) in [5.41, 5.74) is -1.02. The fourth-order valence-electron chi connectivity index (χ4n) is 2.16. The molecule has 17 heavy (non-hydrogen) atoms. The van der Waals surface area contributed by atoms with Crippen LogP contribution < -0.4 is 0 Å². The van der Waals surface area contributed by atoms with Gasteiger partial charge >= 0.3 is 5.97 Å². The van der Waals surface area contributed by atoms with Gasteiger partial charge in [0.15, 0.2) is 0 Å². The number of hydrogen-bond acceptors (Lipinski definition) is 3. The molecule has 1 fully saturated rings. The summed E-state index contributed by atoms with van der Waals surface area (Å²) in [5.74, 6) is -1.00. The number of rotatable bonds is 5. The van der Waals surface area contributed by atoms with E-state index in [-0.39, 0.29) is 12.0 Å². The van der Waals surface area contributed by atoms with E-state index in [2.05, 4.69) is 0 Å². The third kappa shape index (κ3) is 2.97. The van der Waals surface area contributed by atoms with Crippen LogP contribution in [-0.4, -0.2) is 47.2 Å². The van der Waals surface area contributed by atoms with E-state index in [4.69, 9.17) is 4.74 Å². The highest BCUT2D eigenvalue weighted by molar-refractivity contribution is 5.87. The number of amides is 1. The zero-order valence-electron chi connectivity index (χ0n) is 10.7. The van der Waals surface area contributed by atoms with Gasteiger partial charge in [-0.05, 0) is 33.1 Å². The molecule has 0 aromatic heterocycles. The second-order valence-electron chi connectivity index (χ2n) is 4.81. The Bertz CT molecular complexity index is 305. The second-order valence-corrected chi connectivity index (χ2v) is 4.81. The van der Waals surface area contributed by atoms with Crippen molar-refractivity contribution in [1.82, 2.24) is 4.90 Å². The molecule has 0 aliphatic carbocycles. The van der Waals surface area contributed by atoms with Crippen LogP contribution in [0.2, 0.25) is 0 Å². The maximum Gasteiger partial charge on any atom is 0.329 e. The van der Waals surface area contributed by atoms with Crippen molar-refractivity contribution in [2.45, 2.75) is 51.2 Å². The average molecular weight is 243 g/mol. The topological polar surface area (TPSA) is 66.8 Å². The van der Waals surface area contributed by atoms with Crippen LogP contribution in [0.15, 0.2) is 0 Å². The number of likely N-dealkylation sites (tertiary alicyclic amines) is 1. The number of hydrogen-bond donors (Lipinski definition) is 1. The van der Waals surface area contributed by atoms with Crippen molar-refractivity contribution in [3.63, 3.8) is 0 Å². The molecule has 1 heterocycles. The van der Waals surface area contributed by atoms with Crippen LogP contribution in [0.1, 0.15) is 39.5 Å². The van der Waals surface area contributed by atoms with Gasteiger partial charge in [0, 0.05) is 20.1 Å². The van der Waals surface area contributed by atoms with E-state index in [1.54, 1.807) is 14.0 Å². The monoisotopic (exact) mass is 243 g/mol. The lowest BCUT2D eigenvalue weighted by Gasteiger charge is -2.31. The van der Waals surface area contributed by atoms with Crippen molar-refractivity contribution in [3.8, 4) is 0 Å². The van der Waals surface area contributed by atoms with Gasteiger partial charge in [0.05, 0.1) is 6.10 Å². The third-order valence-electron chi connectivity index (χ3n) is 3.57. The highest BCUT2D eigenvalue weighted by Crippen LogP contribution is 2.30. The van der Waals surface area contributed by atoms with Gasteiger partial charge in [-0.25, -0.2) is 4.79 Å². The zero-order chi connectivity index (χ0) is 13.1. The molecule has 0 saturated carbocycles. The van der Waals surface area contributed by atoms with Crippen molar-refractivity contribution in [2.75, 3.05) is 13.7 Å². The molecule has 0 bridgehead atoms. The van der Waals surface area contributed by atoms with Gasteiger partial charge in [-0.3, -0.25) is 4.79 Å². The molecule has 0 aromatic rings. The van der Waals surface area contributed by atoms with Crippen molar-refractivity contribution in [2.24, 2.45) is 0 Å². The molecule has 5 nitrogen and oxygen atoms in total. The molecule has 2 unspecified atom stereocenters. The number of aliphatic carboxylic acids is 1. The Morgan fingerprint density at radius 2 is 2.18 bits per heavy atom. The highest BCUT2D eigenvalue weighted by Gasteiger charge is 2.45. The Balaban J connectivity index is 2.60. The predicted octanol–water partition coefficient (Wildman–Crippen LogP) is 1.27. The van der Waals surface area contributed by atoms with Crippen molar-refractivity contribution >= 4 is 11.9 Å². The Kier molecular flexibility index (Phi) is 4.51. The molecule has 0 spiro atoms. The van der Waals surface area contributed by atoms with E-state index >= 15 is 0 Å². The maximum absolute atomic E-state index is 12.0. The lowest BCUT2D eigenvalue weighted by molar-refractivity contribution is -0.155. The van der Waals surface area contributed by atoms with Gasteiger partial charge in [0.25, 0.3) is 0 Å². The first kappa shape index (κ1) is 14.0. The summed E-state index contributed by atoms with van der Waals surface area (Å²) in [5, 5.41) is 9.20. The van der Waals surface area contributed by atoms with Crippen molar-refractivity contribution < 1.29 is 19.4 Å². The first-order valence-electron chi connectivity index (χ1n) is 5.98. The van der Waals surface area contributed by atoms with Crippen molar-refractivity contribution in [3.05, 3.63) is 0 Å². The highest BCUT2D eigenvalue weighted by atomic mass is 16.5. The number of carboxylic acids is 1. The first-order valence-corrected chi connectivity index (χ1v) is 5.98. The van der Waals surface area contributed by atoms with E-state index in [1.165, 1.54) is 4.90 Å². The molecule has 1 rings (SSSR count). The van der Waals surface area contributed by atoms with Crippen molar-refractivity contribution in [1.29, 1.82) is 0 Å². The summed E-state index contributed by atoms with van der Waals surface area (Å²) in [6.45, 7) is 4.07. The molecule has 98 valence electrons. The molecule has 1 aliphatic rings. The van der Waals surface area contributed by atoms with Crippen LogP contribution >= 0.6 is 0 Å². The van der Waals surface area contributed by atoms with Gasteiger partial charge in [-0.2, -0.15) is 0 Å². The normalized spacial score (nSPS) is 25.9. The Morgan fingerprint density at radius 3 is 2.71 bits per heavy atom. The Hall–Kier alpha value is -1.10. The lowest BCUT2D eigenvalue weighted by Crippen LogP contribution is -2.50. The Morgan fingerprint density at radius 1 is 1.53 bits per heavy atom. The molecule has 0 aromatic carbocycles. The quantitative estimate of drug-likeness (QED) is 0.789. The van der Waals surface area contributed by atoms with Crippen LogP contribution in [0, 0.1) is 0 Å². The summed E-state index contributed by atoms with van der Waals surface area (Å²) in [4.78, 5) is 24.7. The van der Waals surface area contributed by atoms with Gasteiger partial charge in [0.1, 0.15) is 5.54 Å². The summed E-state index contributed by atoms with van der Waals surface area (Å²) < 4.78 is 5.08. The van der Waals surface area contributed by atoms with Gasteiger partial charge in [-0.1, -0.05) is 0 Å². The fourth-order valence-corrected chi connectivity index (χ4v) is 2.16. The van der Waals surface area contributed by atoms with Crippen LogP contribution in [0.25, 0.3) is 0 Å². The number of carboxylic acid groups (broad SMARTS) is 1. The van der Waals surface area contributed by atoms with E-state index in [1.807, 2.05) is 6.92 Å². The second kappa shape index (κ2) is 5.49. The van der Waals surface area contributed by atoms with Gasteiger partial charge < -0.3 is 14.7 Å². The van der Waals surface area contributed by atoms with Gasteiger partial charge in [0.2, 0.25) is 5.91 Å². The summed E-state index contributed by atoms with van der Waals surface area (Å²) in [6.07, 6.45) is 2.29. The maximum atomic E-state index is 12.0. The summed E-state index contributed by atoms with van der Waals surface area (Å²) in [7, 11) is 1.60. The summed E-state index contributed by atoms with van der Waals surface area (Å²) in [6, 6.07) is 0. The van der Waals surface area contributed by atoms with E-state index in [9.17, 15) is 14.7 Å². The molecular weight excluding hydrogens is 222 g/mol. The van der Waals surface area contributed by atoms with Crippen LogP contribution in [0.5, 0.6) is 0 Å². The molecule has 1 N–H and O–H groups in total. The number of methoxy groups -OCH3 is 1. The minimum atomic E-state index is -1.02. The molecule has 2 atom stereocenters. The smallest absolute Gasteiger partial charge is 0.329 e. The van der Waals surface area contributed by atoms with Crippen LogP contribution in [-0.2, 0) is 14.3 Å². The summed E-state index contributed by atoms with van der Waals surface area (Å²) >= 11 is 0. The van der Waals surface area contributed by atoms with E-state index in [0.717, 1.165) is 6.42 Å².